The lowest BCUT2D eigenvalue weighted by Gasteiger charge is -2.27. The van der Waals surface area contributed by atoms with Crippen LogP contribution < -0.4 is 0 Å². The lowest BCUT2D eigenvalue weighted by Crippen LogP contribution is -2.38. The van der Waals surface area contributed by atoms with Gasteiger partial charge in [0.05, 0.1) is 19.0 Å². The number of carbonyl (C=O) groups is 1. The lowest BCUT2D eigenvalue weighted by molar-refractivity contribution is -0.107. The molecule has 0 aromatic carbocycles. The second-order valence-corrected chi connectivity index (χ2v) is 6.60. The van der Waals surface area contributed by atoms with Crippen molar-refractivity contribution in [3.63, 3.8) is 0 Å². The van der Waals surface area contributed by atoms with E-state index in [2.05, 4.69) is 4.90 Å². The molecule has 0 spiro atoms. The summed E-state index contributed by atoms with van der Waals surface area (Å²) < 4.78 is 30.0. The molecule has 1 aliphatic rings. The molecule has 0 saturated carbocycles. The fourth-order valence-electron chi connectivity index (χ4n) is 1.83. The van der Waals surface area contributed by atoms with E-state index in [0.717, 1.165) is 39.3 Å². The SMILES string of the molecule is CN(CCCN1CCOCC1)S(=O)(=O)CCC=O. The maximum Gasteiger partial charge on any atom is 0.214 e. The van der Waals surface area contributed by atoms with Crippen LogP contribution in [-0.4, -0.2) is 76.1 Å². The van der Waals surface area contributed by atoms with Crippen LogP contribution in [0.15, 0.2) is 0 Å². The zero-order valence-corrected chi connectivity index (χ0v) is 11.7. The summed E-state index contributed by atoms with van der Waals surface area (Å²) in [6.45, 7) is 4.74. The van der Waals surface area contributed by atoms with E-state index in [1.807, 2.05) is 0 Å². The fourth-order valence-corrected chi connectivity index (χ4v) is 2.95. The minimum atomic E-state index is -3.27. The quantitative estimate of drug-likeness (QED) is 0.563. The van der Waals surface area contributed by atoms with Crippen LogP contribution in [0, 0.1) is 0 Å². The van der Waals surface area contributed by atoms with Gasteiger partial charge >= 0.3 is 0 Å². The van der Waals surface area contributed by atoms with Crippen LogP contribution in [0.4, 0.5) is 0 Å². The molecular weight excluding hydrogens is 256 g/mol. The van der Waals surface area contributed by atoms with Crippen LogP contribution in [0.5, 0.6) is 0 Å². The molecule has 0 aliphatic carbocycles. The Morgan fingerprint density at radius 2 is 2.00 bits per heavy atom. The highest BCUT2D eigenvalue weighted by Gasteiger charge is 2.17. The van der Waals surface area contributed by atoms with Crippen molar-refractivity contribution in [1.29, 1.82) is 0 Å². The third-order valence-electron chi connectivity index (χ3n) is 3.02. The van der Waals surface area contributed by atoms with E-state index in [0.29, 0.717) is 12.8 Å². The average molecular weight is 278 g/mol. The molecule has 0 N–H and O–H groups in total. The number of morpholine rings is 1. The van der Waals surface area contributed by atoms with E-state index in [4.69, 9.17) is 4.74 Å². The van der Waals surface area contributed by atoms with Crippen molar-refractivity contribution in [3.05, 3.63) is 0 Å². The molecule has 1 heterocycles. The molecular formula is C11H22N2O4S. The predicted octanol–water partition coefficient (Wildman–Crippen LogP) is -0.441. The standard InChI is InChI=1S/C11H22N2O4S/c1-12(18(15,16)11-3-8-14)4-2-5-13-6-9-17-10-7-13/h8H,2-7,9-11H2,1H3. The van der Waals surface area contributed by atoms with E-state index >= 15 is 0 Å². The Kier molecular flexibility index (Phi) is 6.77. The van der Waals surface area contributed by atoms with Gasteiger partial charge in [0.1, 0.15) is 6.29 Å². The number of nitrogens with zero attached hydrogens (tertiary/aromatic N) is 2. The molecule has 6 nitrogen and oxygen atoms in total. The Labute approximate surface area is 109 Å². The maximum absolute atomic E-state index is 11.7. The van der Waals surface area contributed by atoms with Crippen molar-refractivity contribution < 1.29 is 17.9 Å². The van der Waals surface area contributed by atoms with Crippen molar-refractivity contribution in [2.45, 2.75) is 12.8 Å². The largest absolute Gasteiger partial charge is 0.379 e. The molecule has 1 aliphatic heterocycles. The number of sulfonamides is 1. The van der Waals surface area contributed by atoms with Gasteiger partial charge in [0.2, 0.25) is 10.0 Å². The number of hydrogen-bond donors (Lipinski definition) is 0. The van der Waals surface area contributed by atoms with Gasteiger partial charge in [0.15, 0.2) is 0 Å². The van der Waals surface area contributed by atoms with Gasteiger partial charge in [0.25, 0.3) is 0 Å². The molecule has 0 amide bonds. The molecule has 0 atom stereocenters. The van der Waals surface area contributed by atoms with E-state index in [-0.39, 0.29) is 12.2 Å². The Hall–Kier alpha value is -0.500. The van der Waals surface area contributed by atoms with Gasteiger partial charge in [0, 0.05) is 33.1 Å². The molecule has 0 unspecified atom stereocenters. The summed E-state index contributed by atoms with van der Waals surface area (Å²) in [4.78, 5) is 12.5. The normalized spacial score (nSPS) is 18.1. The van der Waals surface area contributed by atoms with Crippen molar-refractivity contribution in [2.24, 2.45) is 0 Å². The second kappa shape index (κ2) is 7.83. The van der Waals surface area contributed by atoms with Gasteiger partial charge < -0.3 is 9.53 Å². The molecule has 1 saturated heterocycles. The first-order chi connectivity index (χ1) is 8.56. The van der Waals surface area contributed by atoms with Crippen LogP contribution in [0.1, 0.15) is 12.8 Å². The first-order valence-corrected chi connectivity index (χ1v) is 7.85. The topological polar surface area (TPSA) is 66.9 Å². The molecule has 1 rings (SSSR count). The molecule has 18 heavy (non-hydrogen) atoms. The van der Waals surface area contributed by atoms with Crippen LogP contribution in [-0.2, 0) is 19.6 Å². The smallest absolute Gasteiger partial charge is 0.214 e. The number of rotatable bonds is 8. The zero-order valence-electron chi connectivity index (χ0n) is 10.9. The monoisotopic (exact) mass is 278 g/mol. The second-order valence-electron chi connectivity index (χ2n) is 4.40. The van der Waals surface area contributed by atoms with Gasteiger partial charge in [-0.05, 0) is 13.0 Å². The summed E-state index contributed by atoms with van der Waals surface area (Å²) >= 11 is 0. The molecule has 0 bridgehead atoms. The van der Waals surface area contributed by atoms with Crippen molar-refractivity contribution in [3.8, 4) is 0 Å². The van der Waals surface area contributed by atoms with E-state index < -0.39 is 10.0 Å². The van der Waals surface area contributed by atoms with Crippen LogP contribution in [0.2, 0.25) is 0 Å². The number of carbonyl (C=O) groups excluding carboxylic acids is 1. The molecule has 0 aromatic rings. The Bertz CT molecular complexity index is 339. The minimum absolute atomic E-state index is 0.0656. The van der Waals surface area contributed by atoms with Gasteiger partial charge in [-0.3, -0.25) is 4.90 Å². The van der Waals surface area contributed by atoms with Crippen molar-refractivity contribution >= 4 is 16.3 Å². The van der Waals surface area contributed by atoms with Gasteiger partial charge in [-0.1, -0.05) is 0 Å². The molecule has 0 aromatic heterocycles. The Morgan fingerprint density at radius 1 is 1.33 bits per heavy atom. The van der Waals surface area contributed by atoms with Crippen LogP contribution >= 0.6 is 0 Å². The van der Waals surface area contributed by atoms with Gasteiger partial charge in [-0.2, -0.15) is 0 Å². The zero-order chi connectivity index (χ0) is 13.4. The number of hydrogen-bond acceptors (Lipinski definition) is 5. The summed E-state index contributed by atoms with van der Waals surface area (Å²) in [5, 5.41) is 0. The first kappa shape index (κ1) is 15.6. The number of aldehydes is 1. The fraction of sp³-hybridized carbons (Fsp3) is 0.909. The van der Waals surface area contributed by atoms with E-state index in [9.17, 15) is 13.2 Å². The Balaban J connectivity index is 2.22. The highest BCUT2D eigenvalue weighted by atomic mass is 32.2. The van der Waals surface area contributed by atoms with Gasteiger partial charge in [-0.25, -0.2) is 12.7 Å². The lowest BCUT2D eigenvalue weighted by atomic mass is 10.3. The minimum Gasteiger partial charge on any atom is -0.379 e. The molecule has 7 heteroatoms. The Morgan fingerprint density at radius 3 is 2.61 bits per heavy atom. The molecule has 1 fully saturated rings. The summed E-state index contributed by atoms with van der Waals surface area (Å²) in [6, 6.07) is 0. The molecule has 0 radical (unpaired) electrons. The van der Waals surface area contributed by atoms with E-state index in [1.54, 1.807) is 7.05 Å². The third kappa shape index (κ3) is 5.43. The maximum atomic E-state index is 11.7. The molecule has 106 valence electrons. The van der Waals surface area contributed by atoms with Crippen molar-refractivity contribution in [2.75, 3.05) is 52.2 Å². The van der Waals surface area contributed by atoms with Crippen LogP contribution in [0.25, 0.3) is 0 Å². The first-order valence-electron chi connectivity index (χ1n) is 6.24. The number of ether oxygens (including phenoxy) is 1. The highest BCUT2D eigenvalue weighted by molar-refractivity contribution is 7.89. The summed E-state index contributed by atoms with van der Waals surface area (Å²) in [5.74, 6) is -0.0927. The third-order valence-corrected chi connectivity index (χ3v) is 4.90. The van der Waals surface area contributed by atoms with E-state index in [1.165, 1.54) is 4.31 Å². The summed E-state index contributed by atoms with van der Waals surface area (Å²) in [5.41, 5.74) is 0. The predicted molar refractivity (Wildman–Crippen MR) is 69.0 cm³/mol. The van der Waals surface area contributed by atoms with Gasteiger partial charge in [-0.15, -0.1) is 0 Å². The summed E-state index contributed by atoms with van der Waals surface area (Å²) in [6.07, 6.45) is 1.51. The van der Waals surface area contributed by atoms with Crippen molar-refractivity contribution in [1.82, 2.24) is 9.21 Å². The van der Waals surface area contributed by atoms with Crippen LogP contribution in [0.3, 0.4) is 0 Å². The average Bonchev–Trinajstić information content (AvgIpc) is 2.37. The highest BCUT2D eigenvalue weighted by Crippen LogP contribution is 2.03. The summed E-state index contributed by atoms with van der Waals surface area (Å²) in [7, 11) is -1.70.